The van der Waals surface area contributed by atoms with Crippen molar-refractivity contribution in [3.05, 3.63) is 11.7 Å². The number of nitrogens with zero attached hydrogens (tertiary/aromatic N) is 5. The van der Waals surface area contributed by atoms with E-state index >= 15 is 0 Å². The Kier molecular flexibility index (Phi) is 4.82. The maximum atomic E-state index is 5.43. The zero-order chi connectivity index (χ0) is 15.2. The maximum absolute atomic E-state index is 5.43. The number of hydrogen-bond donors (Lipinski definition) is 3. The van der Waals surface area contributed by atoms with Gasteiger partial charge in [-0.1, -0.05) is 5.16 Å². The smallest absolute Gasteiger partial charge is 0.323 e. The molecular weight excluding hydrogens is 276 g/mol. The molecule has 0 saturated heterocycles. The number of hydrazine groups is 1. The first-order valence-corrected chi connectivity index (χ1v) is 6.49. The Morgan fingerprint density at radius 1 is 1.19 bits per heavy atom. The summed E-state index contributed by atoms with van der Waals surface area (Å²) in [6.07, 6.45) is 0.505. The van der Waals surface area contributed by atoms with Gasteiger partial charge in [-0.2, -0.15) is 19.9 Å². The molecule has 0 bridgehead atoms. The highest BCUT2D eigenvalue weighted by atomic mass is 16.5. The van der Waals surface area contributed by atoms with E-state index in [1.807, 2.05) is 13.8 Å². The summed E-state index contributed by atoms with van der Waals surface area (Å²) in [5.74, 6) is 7.04. The maximum Gasteiger partial charge on any atom is 0.323 e. The highest BCUT2D eigenvalue weighted by Crippen LogP contribution is 2.11. The topological polar surface area (TPSA) is 137 Å². The molecule has 0 fully saturated rings. The average molecular weight is 294 g/mol. The minimum absolute atomic E-state index is 0.0488. The van der Waals surface area contributed by atoms with Crippen LogP contribution in [0.3, 0.4) is 0 Å². The lowest BCUT2D eigenvalue weighted by Gasteiger charge is -2.10. The number of anilines is 2. The van der Waals surface area contributed by atoms with E-state index in [4.69, 9.17) is 15.1 Å². The number of nitrogen functional groups attached to an aromatic ring is 1. The standard InChI is InChI=1S/C11H18N8O2/c1-6(2)20-11-16-9(15-10(17-11)18-12)13-5-4-8-14-7(3)19-21-8/h6H,4-5,12H2,1-3H3,(H2,13,15,16,17,18). The van der Waals surface area contributed by atoms with E-state index < -0.39 is 0 Å². The third kappa shape index (κ3) is 4.53. The summed E-state index contributed by atoms with van der Waals surface area (Å²) in [5.41, 5.74) is 2.37. The number of hydrogen-bond acceptors (Lipinski definition) is 10. The molecule has 10 nitrogen and oxygen atoms in total. The van der Waals surface area contributed by atoms with Crippen LogP contribution in [0.25, 0.3) is 0 Å². The van der Waals surface area contributed by atoms with Gasteiger partial charge >= 0.3 is 6.01 Å². The molecule has 0 aliphatic carbocycles. The van der Waals surface area contributed by atoms with Gasteiger partial charge in [-0.3, -0.25) is 5.43 Å². The van der Waals surface area contributed by atoms with Crippen molar-refractivity contribution in [2.75, 3.05) is 17.3 Å². The van der Waals surface area contributed by atoms with Gasteiger partial charge in [-0.25, -0.2) is 5.84 Å². The van der Waals surface area contributed by atoms with Crippen LogP contribution in [-0.2, 0) is 6.42 Å². The third-order valence-corrected chi connectivity index (χ3v) is 2.28. The van der Waals surface area contributed by atoms with Gasteiger partial charge in [0, 0.05) is 13.0 Å². The Hall–Kier alpha value is -2.49. The molecule has 2 aromatic rings. The fourth-order valence-electron chi connectivity index (χ4n) is 1.49. The molecule has 0 spiro atoms. The summed E-state index contributed by atoms with van der Waals surface area (Å²) in [5, 5.41) is 6.74. The molecule has 4 N–H and O–H groups in total. The second kappa shape index (κ2) is 6.79. The molecule has 0 aromatic carbocycles. The lowest BCUT2D eigenvalue weighted by molar-refractivity contribution is 0.222. The van der Waals surface area contributed by atoms with E-state index in [2.05, 4.69) is 35.8 Å². The Morgan fingerprint density at radius 2 is 1.95 bits per heavy atom. The van der Waals surface area contributed by atoms with Crippen LogP contribution in [-0.4, -0.2) is 37.7 Å². The molecule has 2 heterocycles. The predicted molar refractivity (Wildman–Crippen MR) is 74.6 cm³/mol. The summed E-state index contributed by atoms with van der Waals surface area (Å²) >= 11 is 0. The van der Waals surface area contributed by atoms with Crippen molar-refractivity contribution in [1.29, 1.82) is 0 Å². The fraction of sp³-hybridized carbons (Fsp3) is 0.545. The number of ether oxygens (including phenoxy) is 1. The number of aromatic nitrogens is 5. The molecule has 2 aromatic heterocycles. The molecular formula is C11H18N8O2. The van der Waals surface area contributed by atoms with Crippen molar-refractivity contribution in [3.63, 3.8) is 0 Å². The molecule has 0 aliphatic heterocycles. The van der Waals surface area contributed by atoms with E-state index in [9.17, 15) is 0 Å². The first-order valence-electron chi connectivity index (χ1n) is 6.49. The lowest BCUT2D eigenvalue weighted by atomic mass is 10.4. The number of rotatable bonds is 7. The van der Waals surface area contributed by atoms with Crippen molar-refractivity contribution < 1.29 is 9.26 Å². The summed E-state index contributed by atoms with van der Waals surface area (Å²) < 4.78 is 10.4. The van der Waals surface area contributed by atoms with E-state index in [0.29, 0.717) is 30.6 Å². The van der Waals surface area contributed by atoms with Gasteiger partial charge in [-0.05, 0) is 20.8 Å². The highest BCUT2D eigenvalue weighted by Gasteiger charge is 2.09. The first-order chi connectivity index (χ1) is 10.1. The Labute approximate surface area is 121 Å². The summed E-state index contributed by atoms with van der Waals surface area (Å²) in [7, 11) is 0. The van der Waals surface area contributed by atoms with Gasteiger partial charge in [0.05, 0.1) is 6.10 Å². The van der Waals surface area contributed by atoms with Crippen molar-refractivity contribution in [2.45, 2.75) is 33.3 Å². The monoisotopic (exact) mass is 294 g/mol. The van der Waals surface area contributed by atoms with Crippen LogP contribution < -0.4 is 21.3 Å². The van der Waals surface area contributed by atoms with Crippen molar-refractivity contribution in [2.24, 2.45) is 5.84 Å². The summed E-state index contributed by atoms with van der Waals surface area (Å²) in [6, 6.07) is 0.198. The number of nitrogens with two attached hydrogens (primary N) is 1. The zero-order valence-electron chi connectivity index (χ0n) is 12.1. The van der Waals surface area contributed by atoms with E-state index in [1.54, 1.807) is 6.92 Å². The van der Waals surface area contributed by atoms with E-state index in [-0.39, 0.29) is 18.1 Å². The van der Waals surface area contributed by atoms with Gasteiger partial charge < -0.3 is 14.6 Å². The fourth-order valence-corrected chi connectivity index (χ4v) is 1.49. The molecule has 0 aliphatic rings. The number of nitrogens with one attached hydrogen (secondary N) is 2. The predicted octanol–water partition coefficient (Wildman–Crippen LogP) is 0.290. The first kappa shape index (κ1) is 14.9. The largest absolute Gasteiger partial charge is 0.461 e. The highest BCUT2D eigenvalue weighted by molar-refractivity contribution is 5.34. The van der Waals surface area contributed by atoms with Crippen LogP contribution in [0.4, 0.5) is 11.9 Å². The van der Waals surface area contributed by atoms with Crippen LogP contribution in [0.15, 0.2) is 4.52 Å². The van der Waals surface area contributed by atoms with E-state index in [0.717, 1.165) is 0 Å². The van der Waals surface area contributed by atoms with Crippen LogP contribution in [0.5, 0.6) is 6.01 Å². The molecule has 0 radical (unpaired) electrons. The molecule has 114 valence electrons. The molecule has 10 heteroatoms. The van der Waals surface area contributed by atoms with E-state index in [1.165, 1.54) is 0 Å². The van der Waals surface area contributed by atoms with Crippen LogP contribution in [0.1, 0.15) is 25.6 Å². The molecule has 0 atom stereocenters. The van der Waals surface area contributed by atoms with Crippen molar-refractivity contribution >= 4 is 11.9 Å². The molecule has 0 unspecified atom stereocenters. The van der Waals surface area contributed by atoms with Crippen LogP contribution in [0.2, 0.25) is 0 Å². The van der Waals surface area contributed by atoms with Gasteiger partial charge in [0.15, 0.2) is 5.82 Å². The van der Waals surface area contributed by atoms with Gasteiger partial charge in [0.2, 0.25) is 17.8 Å². The Bertz CT molecular complexity index is 585. The average Bonchev–Trinajstić information content (AvgIpc) is 2.83. The number of aryl methyl sites for hydroxylation is 1. The summed E-state index contributed by atoms with van der Waals surface area (Å²) in [4.78, 5) is 16.3. The normalized spacial score (nSPS) is 10.7. The molecule has 21 heavy (non-hydrogen) atoms. The van der Waals surface area contributed by atoms with Gasteiger partial charge in [0.25, 0.3) is 0 Å². The molecule has 0 saturated carbocycles. The SMILES string of the molecule is Cc1noc(CCNc2nc(NN)nc(OC(C)C)n2)n1. The molecule has 2 rings (SSSR count). The minimum Gasteiger partial charge on any atom is -0.461 e. The van der Waals surface area contributed by atoms with Crippen LogP contribution in [0, 0.1) is 6.92 Å². The zero-order valence-corrected chi connectivity index (χ0v) is 12.1. The quantitative estimate of drug-likeness (QED) is 0.482. The Balaban J connectivity index is 1.97. The second-order valence-electron chi connectivity index (χ2n) is 4.49. The van der Waals surface area contributed by atoms with Gasteiger partial charge in [-0.15, -0.1) is 0 Å². The van der Waals surface area contributed by atoms with Crippen molar-refractivity contribution in [1.82, 2.24) is 25.1 Å². The van der Waals surface area contributed by atoms with Crippen molar-refractivity contribution in [3.8, 4) is 6.01 Å². The summed E-state index contributed by atoms with van der Waals surface area (Å²) in [6.45, 7) is 6.05. The third-order valence-electron chi connectivity index (χ3n) is 2.28. The van der Waals surface area contributed by atoms with Crippen LogP contribution >= 0.6 is 0 Å². The Morgan fingerprint density at radius 3 is 2.57 bits per heavy atom. The minimum atomic E-state index is -0.0488. The lowest BCUT2D eigenvalue weighted by Crippen LogP contribution is -2.17. The molecule has 0 amide bonds. The second-order valence-corrected chi connectivity index (χ2v) is 4.49. The van der Waals surface area contributed by atoms with Gasteiger partial charge in [0.1, 0.15) is 0 Å².